The van der Waals surface area contributed by atoms with E-state index in [1.54, 1.807) is 30.5 Å². The molecule has 1 atom stereocenters. The number of benzene rings is 1. The monoisotopic (exact) mass is 364 g/mol. The highest BCUT2D eigenvalue weighted by molar-refractivity contribution is 6.32. The third-order valence-electron chi connectivity index (χ3n) is 3.76. The van der Waals surface area contributed by atoms with Gasteiger partial charge in [0.1, 0.15) is 17.3 Å². The van der Waals surface area contributed by atoms with Gasteiger partial charge in [-0.25, -0.2) is 0 Å². The minimum Gasteiger partial charge on any atom is -0.496 e. The quantitative estimate of drug-likeness (QED) is 0.852. The molecule has 0 aliphatic carbocycles. The molecule has 25 heavy (non-hydrogen) atoms. The van der Waals surface area contributed by atoms with E-state index in [0.29, 0.717) is 46.5 Å². The molecule has 1 aromatic carbocycles. The van der Waals surface area contributed by atoms with Gasteiger partial charge in [0.2, 0.25) is 6.10 Å². The van der Waals surface area contributed by atoms with Gasteiger partial charge in [0.25, 0.3) is 5.91 Å². The number of methoxy groups -OCH3 is 2. The van der Waals surface area contributed by atoms with Crippen molar-refractivity contribution in [3.05, 3.63) is 46.9 Å². The van der Waals surface area contributed by atoms with Crippen LogP contribution in [-0.2, 0) is 16.2 Å². The molecule has 0 radical (unpaired) electrons. The van der Waals surface area contributed by atoms with Crippen LogP contribution >= 0.6 is 11.6 Å². The molecule has 0 spiro atoms. The molecule has 2 aromatic rings. The molecule has 0 unspecified atom stereocenters. The number of rotatable bonds is 6. The molecule has 132 valence electrons. The number of oxime groups is 1. The van der Waals surface area contributed by atoms with Crippen molar-refractivity contribution in [1.29, 1.82) is 0 Å². The Kier molecular flexibility index (Phi) is 5.14. The summed E-state index contributed by atoms with van der Waals surface area (Å²) in [5.41, 5.74) is 1.24. The highest BCUT2D eigenvalue weighted by atomic mass is 35.5. The lowest BCUT2D eigenvalue weighted by molar-refractivity contribution is -0.131. The molecule has 1 aromatic heterocycles. The number of halogens is 1. The minimum atomic E-state index is -0.712. The summed E-state index contributed by atoms with van der Waals surface area (Å²) in [7, 11) is 3.06. The van der Waals surface area contributed by atoms with Gasteiger partial charge in [0.15, 0.2) is 0 Å². The Balaban J connectivity index is 1.68. The van der Waals surface area contributed by atoms with E-state index in [2.05, 4.69) is 10.5 Å². The van der Waals surface area contributed by atoms with Gasteiger partial charge >= 0.3 is 0 Å². The first kappa shape index (κ1) is 17.2. The first-order valence-electron chi connectivity index (χ1n) is 7.57. The van der Waals surface area contributed by atoms with Crippen molar-refractivity contribution in [2.24, 2.45) is 5.16 Å². The second-order valence-electron chi connectivity index (χ2n) is 5.32. The van der Waals surface area contributed by atoms with Gasteiger partial charge in [-0.3, -0.25) is 4.79 Å². The zero-order valence-electron chi connectivity index (χ0n) is 13.7. The minimum absolute atomic E-state index is 0.270. The van der Waals surface area contributed by atoms with Crippen molar-refractivity contribution in [2.75, 3.05) is 14.2 Å². The number of carbonyl (C=O) groups is 1. The summed E-state index contributed by atoms with van der Waals surface area (Å²) in [5.74, 6) is 1.43. The zero-order chi connectivity index (χ0) is 17.8. The lowest BCUT2D eigenvalue weighted by Gasteiger charge is -2.11. The van der Waals surface area contributed by atoms with Crippen LogP contribution in [0.1, 0.15) is 17.7 Å². The number of carbonyl (C=O) groups excluding carboxylic acids is 1. The summed E-state index contributed by atoms with van der Waals surface area (Å²) < 4.78 is 15.7. The van der Waals surface area contributed by atoms with E-state index in [4.69, 9.17) is 30.3 Å². The Morgan fingerprint density at radius 1 is 1.36 bits per heavy atom. The van der Waals surface area contributed by atoms with Gasteiger partial charge in [-0.05, 0) is 18.2 Å². The Labute approximate surface area is 149 Å². The molecule has 0 bridgehead atoms. The number of nitrogens with zero attached hydrogens (tertiary/aromatic N) is 1. The normalized spacial score (nSPS) is 16.1. The zero-order valence-corrected chi connectivity index (χ0v) is 14.5. The van der Waals surface area contributed by atoms with Crippen LogP contribution in [0.15, 0.2) is 40.1 Å². The van der Waals surface area contributed by atoms with Crippen molar-refractivity contribution < 1.29 is 23.5 Å². The van der Waals surface area contributed by atoms with Crippen molar-refractivity contribution in [1.82, 2.24) is 5.32 Å². The largest absolute Gasteiger partial charge is 0.496 e. The molecule has 1 aliphatic heterocycles. The van der Waals surface area contributed by atoms with Crippen LogP contribution in [0.5, 0.6) is 11.5 Å². The van der Waals surface area contributed by atoms with Gasteiger partial charge in [-0.2, -0.15) is 0 Å². The molecule has 1 amide bonds. The van der Waals surface area contributed by atoms with Crippen LogP contribution in [0.4, 0.5) is 0 Å². The Morgan fingerprint density at radius 3 is 2.84 bits per heavy atom. The van der Waals surface area contributed by atoms with Crippen LogP contribution in [0.2, 0.25) is 5.02 Å². The number of ether oxygens (including phenoxy) is 2. The summed E-state index contributed by atoms with van der Waals surface area (Å²) in [4.78, 5) is 17.5. The van der Waals surface area contributed by atoms with Crippen LogP contribution in [0, 0.1) is 0 Å². The average Bonchev–Trinajstić information content (AvgIpc) is 3.31. The maximum absolute atomic E-state index is 12.2. The lowest BCUT2D eigenvalue weighted by atomic mass is 10.0. The standard InChI is InChI=1S/C17H17ClN2O5/c1-22-14-8-15(23-2)12(18)6-11(14)13-7-16(25-20-13)17(21)19-9-10-4-3-5-24-10/h3-6,8,16H,7,9H2,1-2H3,(H,19,21)/t16-/m1/s1. The third kappa shape index (κ3) is 3.71. The van der Waals surface area contributed by atoms with Gasteiger partial charge in [-0.1, -0.05) is 16.8 Å². The van der Waals surface area contributed by atoms with Gasteiger partial charge in [0.05, 0.1) is 37.8 Å². The van der Waals surface area contributed by atoms with E-state index < -0.39 is 6.10 Å². The van der Waals surface area contributed by atoms with Crippen LogP contribution in [0.3, 0.4) is 0 Å². The molecule has 2 heterocycles. The van der Waals surface area contributed by atoms with E-state index in [9.17, 15) is 4.79 Å². The second kappa shape index (κ2) is 7.48. The highest BCUT2D eigenvalue weighted by Crippen LogP contribution is 2.34. The van der Waals surface area contributed by atoms with E-state index in [-0.39, 0.29) is 5.91 Å². The van der Waals surface area contributed by atoms with E-state index in [0.717, 1.165) is 0 Å². The number of amides is 1. The topological polar surface area (TPSA) is 82.3 Å². The Hall–Kier alpha value is -2.67. The smallest absolute Gasteiger partial charge is 0.264 e. The molecule has 0 saturated heterocycles. The molecule has 8 heteroatoms. The molecular formula is C17H17ClN2O5. The maximum atomic E-state index is 12.2. The van der Waals surface area contributed by atoms with Crippen molar-refractivity contribution in [2.45, 2.75) is 19.1 Å². The van der Waals surface area contributed by atoms with Gasteiger partial charge in [-0.15, -0.1) is 0 Å². The summed E-state index contributed by atoms with van der Waals surface area (Å²) in [5, 5.41) is 7.18. The molecular weight excluding hydrogens is 348 g/mol. The van der Waals surface area contributed by atoms with Crippen LogP contribution < -0.4 is 14.8 Å². The number of furan rings is 1. The predicted molar refractivity (Wildman–Crippen MR) is 91.1 cm³/mol. The van der Waals surface area contributed by atoms with E-state index >= 15 is 0 Å². The van der Waals surface area contributed by atoms with E-state index in [1.165, 1.54) is 14.2 Å². The number of hydrogen-bond acceptors (Lipinski definition) is 6. The fourth-order valence-corrected chi connectivity index (χ4v) is 2.70. The maximum Gasteiger partial charge on any atom is 0.264 e. The Bertz CT molecular complexity index is 789. The van der Waals surface area contributed by atoms with Crippen LogP contribution in [0.25, 0.3) is 0 Å². The first-order chi connectivity index (χ1) is 12.1. The average molecular weight is 365 g/mol. The van der Waals surface area contributed by atoms with Crippen molar-refractivity contribution in [3.63, 3.8) is 0 Å². The molecule has 0 saturated carbocycles. The molecule has 7 nitrogen and oxygen atoms in total. The summed E-state index contributed by atoms with van der Waals surface area (Å²) >= 11 is 6.18. The van der Waals surface area contributed by atoms with Gasteiger partial charge < -0.3 is 24.0 Å². The predicted octanol–water partition coefficient (Wildman–Crippen LogP) is 2.76. The molecule has 3 rings (SSSR count). The first-order valence-corrected chi connectivity index (χ1v) is 7.95. The lowest BCUT2D eigenvalue weighted by Crippen LogP contribution is -2.34. The van der Waals surface area contributed by atoms with E-state index in [1.807, 2.05) is 0 Å². The van der Waals surface area contributed by atoms with Crippen LogP contribution in [-0.4, -0.2) is 31.9 Å². The van der Waals surface area contributed by atoms with Crippen molar-refractivity contribution in [3.8, 4) is 11.5 Å². The SMILES string of the molecule is COc1cc(OC)c(C2=NO[C@@H](C(=O)NCc3ccco3)C2)cc1Cl. The fourth-order valence-electron chi connectivity index (χ4n) is 2.46. The fraction of sp³-hybridized carbons (Fsp3) is 0.294. The molecule has 0 fully saturated rings. The Morgan fingerprint density at radius 2 is 2.16 bits per heavy atom. The highest BCUT2D eigenvalue weighted by Gasteiger charge is 2.30. The molecule has 1 N–H and O–H groups in total. The third-order valence-corrected chi connectivity index (χ3v) is 4.06. The molecule has 1 aliphatic rings. The summed E-state index contributed by atoms with van der Waals surface area (Å²) in [6, 6.07) is 6.89. The number of hydrogen-bond donors (Lipinski definition) is 1. The van der Waals surface area contributed by atoms with Gasteiger partial charge in [0, 0.05) is 18.1 Å². The number of nitrogens with one attached hydrogen (secondary N) is 1. The summed E-state index contributed by atoms with van der Waals surface area (Å²) in [6.45, 7) is 0.290. The second-order valence-corrected chi connectivity index (χ2v) is 5.73. The van der Waals surface area contributed by atoms with Crippen molar-refractivity contribution >= 4 is 23.2 Å². The summed E-state index contributed by atoms with van der Waals surface area (Å²) in [6.07, 6.45) is 1.15.